The van der Waals surface area contributed by atoms with E-state index in [0.29, 0.717) is 13.2 Å². The Balaban J connectivity index is 1.39. The molecule has 0 unspecified atom stereocenters. The highest BCUT2D eigenvalue weighted by atomic mass is 16.5. The van der Waals surface area contributed by atoms with E-state index >= 15 is 0 Å². The fraction of sp³-hybridized carbons (Fsp3) is 0.562. The Morgan fingerprint density at radius 1 is 1.30 bits per heavy atom. The molecule has 1 atom stereocenters. The highest BCUT2D eigenvalue weighted by molar-refractivity contribution is 5.82. The van der Waals surface area contributed by atoms with E-state index < -0.39 is 0 Å². The van der Waals surface area contributed by atoms with Crippen molar-refractivity contribution in [2.75, 3.05) is 19.8 Å². The number of hydrogen-bond donors (Lipinski definition) is 2. The van der Waals surface area contributed by atoms with Crippen LogP contribution in [-0.4, -0.2) is 31.7 Å². The van der Waals surface area contributed by atoms with Crippen LogP contribution in [0.5, 0.6) is 0 Å². The van der Waals surface area contributed by atoms with E-state index in [-0.39, 0.29) is 11.9 Å². The number of carbonyl (C=O) groups is 1. The number of carbonyl (C=O) groups excluding carboxylic acids is 1. The number of nitrogens with one attached hydrogen (secondary N) is 2. The summed E-state index contributed by atoms with van der Waals surface area (Å²) in [6.07, 6.45) is 3.38. The molecule has 3 rings (SSSR count). The van der Waals surface area contributed by atoms with E-state index in [1.54, 1.807) is 0 Å². The first-order chi connectivity index (χ1) is 9.83. The summed E-state index contributed by atoms with van der Waals surface area (Å²) in [5.41, 5.74) is 2.57. The second kappa shape index (κ2) is 6.37. The Morgan fingerprint density at radius 2 is 2.10 bits per heavy atom. The predicted molar refractivity (Wildman–Crippen MR) is 77.3 cm³/mol. The fourth-order valence-corrected chi connectivity index (χ4v) is 2.54. The van der Waals surface area contributed by atoms with Crippen molar-refractivity contribution in [3.8, 4) is 0 Å². The van der Waals surface area contributed by atoms with Crippen LogP contribution in [0.3, 0.4) is 0 Å². The van der Waals surface area contributed by atoms with Crippen LogP contribution in [0.4, 0.5) is 0 Å². The first kappa shape index (κ1) is 13.6. The summed E-state index contributed by atoms with van der Waals surface area (Å²) in [4.78, 5) is 12.1. The van der Waals surface area contributed by atoms with Gasteiger partial charge in [0.2, 0.25) is 5.91 Å². The predicted octanol–water partition coefficient (Wildman–Crippen LogP) is 1.24. The molecule has 1 aromatic rings. The lowest BCUT2D eigenvalue weighted by molar-refractivity contribution is -0.123. The minimum atomic E-state index is -0.117. The van der Waals surface area contributed by atoms with Gasteiger partial charge in [0.05, 0.1) is 12.6 Å². The van der Waals surface area contributed by atoms with Gasteiger partial charge in [0.1, 0.15) is 0 Å². The van der Waals surface area contributed by atoms with Crippen LogP contribution in [-0.2, 0) is 22.5 Å². The molecule has 108 valence electrons. The smallest absolute Gasteiger partial charge is 0.237 e. The van der Waals surface area contributed by atoms with Crippen LogP contribution in [0.15, 0.2) is 24.3 Å². The lowest BCUT2D eigenvalue weighted by Crippen LogP contribution is -2.48. The summed E-state index contributed by atoms with van der Waals surface area (Å²) in [5.74, 6) is 0.858. The molecule has 1 aliphatic carbocycles. The van der Waals surface area contributed by atoms with E-state index in [1.165, 1.54) is 24.0 Å². The maximum Gasteiger partial charge on any atom is 0.237 e. The molecule has 0 radical (unpaired) electrons. The molecule has 0 aromatic heterocycles. The third-order valence-electron chi connectivity index (χ3n) is 3.99. The fourth-order valence-electron chi connectivity index (χ4n) is 2.54. The molecule has 4 nitrogen and oxygen atoms in total. The maximum absolute atomic E-state index is 12.1. The zero-order chi connectivity index (χ0) is 13.8. The third kappa shape index (κ3) is 3.58. The van der Waals surface area contributed by atoms with Gasteiger partial charge in [0.25, 0.3) is 0 Å². The Morgan fingerprint density at radius 3 is 2.90 bits per heavy atom. The summed E-state index contributed by atoms with van der Waals surface area (Å²) in [6.45, 7) is 2.84. The summed E-state index contributed by atoms with van der Waals surface area (Å²) in [5, 5.41) is 6.24. The average molecular weight is 274 g/mol. The Hall–Kier alpha value is -1.39. The van der Waals surface area contributed by atoms with Crippen LogP contribution in [0.25, 0.3) is 0 Å². The van der Waals surface area contributed by atoms with Crippen molar-refractivity contribution in [1.29, 1.82) is 0 Å². The lowest BCUT2D eigenvalue weighted by Gasteiger charge is -2.25. The van der Waals surface area contributed by atoms with E-state index in [9.17, 15) is 4.79 Å². The summed E-state index contributed by atoms with van der Waals surface area (Å²) in [6, 6.07) is 8.17. The zero-order valence-corrected chi connectivity index (χ0v) is 11.7. The molecule has 1 aliphatic heterocycles. The third-order valence-corrected chi connectivity index (χ3v) is 3.99. The highest BCUT2D eigenvalue weighted by Crippen LogP contribution is 2.28. The minimum absolute atomic E-state index is 0.0783. The highest BCUT2D eigenvalue weighted by Gasteiger charge is 2.23. The number of rotatable bonds is 6. The van der Waals surface area contributed by atoms with E-state index in [2.05, 4.69) is 22.8 Å². The van der Waals surface area contributed by atoms with Crippen molar-refractivity contribution in [2.45, 2.75) is 31.8 Å². The van der Waals surface area contributed by atoms with Gasteiger partial charge in [0, 0.05) is 19.7 Å². The second-order valence-corrected chi connectivity index (χ2v) is 5.72. The summed E-state index contributed by atoms with van der Waals surface area (Å²) in [7, 11) is 0. The molecule has 1 heterocycles. The van der Waals surface area contributed by atoms with Gasteiger partial charge >= 0.3 is 0 Å². The van der Waals surface area contributed by atoms with Gasteiger partial charge in [-0.25, -0.2) is 0 Å². The Labute approximate surface area is 119 Å². The lowest BCUT2D eigenvalue weighted by atomic mass is 9.95. The molecule has 1 amide bonds. The number of benzene rings is 1. The molecular formula is C16H22N2O2. The van der Waals surface area contributed by atoms with Crippen molar-refractivity contribution in [3.63, 3.8) is 0 Å². The van der Waals surface area contributed by atoms with Gasteiger partial charge < -0.3 is 15.4 Å². The number of ether oxygens (including phenoxy) is 1. The summed E-state index contributed by atoms with van der Waals surface area (Å²) >= 11 is 0. The van der Waals surface area contributed by atoms with Gasteiger partial charge in [-0.15, -0.1) is 0 Å². The zero-order valence-electron chi connectivity index (χ0n) is 11.7. The van der Waals surface area contributed by atoms with Crippen molar-refractivity contribution in [3.05, 3.63) is 35.4 Å². The van der Waals surface area contributed by atoms with Crippen molar-refractivity contribution >= 4 is 5.91 Å². The number of amides is 1. The van der Waals surface area contributed by atoms with Gasteiger partial charge in [-0.3, -0.25) is 4.79 Å². The Bertz CT molecular complexity index is 471. The quantitative estimate of drug-likeness (QED) is 0.768. The molecule has 1 fully saturated rings. The van der Waals surface area contributed by atoms with Crippen LogP contribution in [0.1, 0.15) is 24.0 Å². The van der Waals surface area contributed by atoms with Crippen molar-refractivity contribution < 1.29 is 9.53 Å². The van der Waals surface area contributed by atoms with Gasteiger partial charge in [-0.1, -0.05) is 24.3 Å². The van der Waals surface area contributed by atoms with Crippen molar-refractivity contribution in [2.24, 2.45) is 5.92 Å². The minimum Gasteiger partial charge on any atom is -0.379 e. The molecule has 1 aromatic carbocycles. The van der Waals surface area contributed by atoms with Crippen LogP contribution >= 0.6 is 0 Å². The van der Waals surface area contributed by atoms with E-state index in [1.807, 2.05) is 12.1 Å². The largest absolute Gasteiger partial charge is 0.379 e. The van der Waals surface area contributed by atoms with Crippen LogP contribution in [0, 0.1) is 5.92 Å². The summed E-state index contributed by atoms with van der Waals surface area (Å²) < 4.78 is 5.52. The number of fused-ring (bicyclic) bond motifs is 1. The molecule has 0 bridgehead atoms. The van der Waals surface area contributed by atoms with Crippen molar-refractivity contribution in [1.82, 2.24) is 10.6 Å². The number of hydrogen-bond acceptors (Lipinski definition) is 3. The second-order valence-electron chi connectivity index (χ2n) is 5.72. The molecule has 2 aliphatic rings. The normalized spacial score (nSPS) is 21.3. The molecule has 20 heavy (non-hydrogen) atoms. The Kier molecular flexibility index (Phi) is 4.33. The molecule has 0 saturated heterocycles. The monoisotopic (exact) mass is 274 g/mol. The first-order valence-corrected chi connectivity index (χ1v) is 7.48. The van der Waals surface area contributed by atoms with Gasteiger partial charge in [-0.2, -0.15) is 0 Å². The van der Waals surface area contributed by atoms with Crippen LogP contribution < -0.4 is 10.6 Å². The average Bonchev–Trinajstić information content (AvgIpc) is 3.30. The van der Waals surface area contributed by atoms with Gasteiger partial charge in [-0.05, 0) is 36.3 Å². The molecular weight excluding hydrogens is 252 g/mol. The standard InChI is InChI=1S/C16H22N2O2/c19-16(17-7-8-20-11-12-5-6-12)15-9-13-3-1-2-4-14(13)10-18-15/h1-4,12,15,18H,5-11H2,(H,17,19)/t15-/m0/s1. The SMILES string of the molecule is O=C(NCCOCC1CC1)[C@@H]1Cc2ccccc2CN1. The molecule has 2 N–H and O–H groups in total. The van der Waals surface area contributed by atoms with E-state index in [0.717, 1.165) is 25.5 Å². The van der Waals surface area contributed by atoms with Crippen LogP contribution in [0.2, 0.25) is 0 Å². The first-order valence-electron chi connectivity index (χ1n) is 7.48. The maximum atomic E-state index is 12.1. The van der Waals surface area contributed by atoms with E-state index in [4.69, 9.17) is 4.74 Å². The van der Waals surface area contributed by atoms with Gasteiger partial charge in [0.15, 0.2) is 0 Å². The topological polar surface area (TPSA) is 50.4 Å². The molecule has 4 heteroatoms. The molecule has 1 saturated carbocycles. The molecule has 0 spiro atoms.